The van der Waals surface area contributed by atoms with Gasteiger partial charge < -0.3 is 20.0 Å². The number of unbranched alkanes of at least 4 members (excludes halogenated alkanes) is 2. The molecular formula is C14H26N2O4. The molecule has 2 N–H and O–H groups in total. The van der Waals surface area contributed by atoms with Crippen molar-refractivity contribution < 1.29 is 19.8 Å². The molecule has 0 bridgehead atoms. The minimum absolute atomic E-state index is 0.168. The first-order valence-corrected chi connectivity index (χ1v) is 7.36. The quantitative estimate of drug-likeness (QED) is 0.695. The van der Waals surface area contributed by atoms with E-state index in [0.717, 1.165) is 25.7 Å². The fourth-order valence-electron chi connectivity index (χ4n) is 2.84. The third kappa shape index (κ3) is 3.42. The number of aliphatic hydroxyl groups is 1. The van der Waals surface area contributed by atoms with E-state index >= 15 is 0 Å². The van der Waals surface area contributed by atoms with Crippen molar-refractivity contribution in [2.24, 2.45) is 0 Å². The molecule has 1 atom stereocenters. The molecule has 1 fully saturated rings. The zero-order chi connectivity index (χ0) is 15.2. The van der Waals surface area contributed by atoms with E-state index in [1.165, 1.54) is 4.90 Å². The molecule has 0 aromatic rings. The third-order valence-electron chi connectivity index (χ3n) is 4.18. The predicted octanol–water partition coefficient (Wildman–Crippen LogP) is 1.53. The molecule has 2 amide bonds. The second-order valence-electron chi connectivity index (χ2n) is 5.43. The molecule has 116 valence electrons. The number of rotatable bonds is 7. The smallest absolute Gasteiger partial charge is 0.329 e. The van der Waals surface area contributed by atoms with Crippen LogP contribution in [0, 0.1) is 0 Å². The van der Waals surface area contributed by atoms with Gasteiger partial charge in [0.1, 0.15) is 5.54 Å². The van der Waals surface area contributed by atoms with Crippen LogP contribution in [0.4, 0.5) is 4.79 Å². The van der Waals surface area contributed by atoms with E-state index in [4.69, 9.17) is 5.11 Å². The van der Waals surface area contributed by atoms with Crippen molar-refractivity contribution in [1.29, 1.82) is 0 Å². The van der Waals surface area contributed by atoms with Crippen molar-refractivity contribution in [1.82, 2.24) is 9.80 Å². The van der Waals surface area contributed by atoms with Gasteiger partial charge in [-0.3, -0.25) is 0 Å². The van der Waals surface area contributed by atoms with E-state index in [-0.39, 0.29) is 12.6 Å². The molecule has 0 aliphatic carbocycles. The van der Waals surface area contributed by atoms with Gasteiger partial charge in [0.05, 0.1) is 0 Å². The Morgan fingerprint density at radius 1 is 1.30 bits per heavy atom. The number of nitrogens with zero attached hydrogens (tertiary/aromatic N) is 2. The molecule has 1 aliphatic heterocycles. The summed E-state index contributed by atoms with van der Waals surface area (Å²) in [5.41, 5.74) is -1.03. The SMILES string of the molecule is CCC1(C(=O)O)CCCN1C(=O)N(C)CCCCCO. The summed E-state index contributed by atoms with van der Waals surface area (Å²) in [7, 11) is 1.71. The number of aliphatic hydroxyl groups excluding tert-OH is 1. The highest BCUT2D eigenvalue weighted by atomic mass is 16.4. The molecule has 0 saturated carbocycles. The van der Waals surface area contributed by atoms with Crippen LogP contribution in [0.1, 0.15) is 45.4 Å². The lowest BCUT2D eigenvalue weighted by Crippen LogP contribution is -2.56. The van der Waals surface area contributed by atoms with Gasteiger partial charge in [-0.2, -0.15) is 0 Å². The van der Waals surface area contributed by atoms with Gasteiger partial charge in [0.15, 0.2) is 0 Å². The summed E-state index contributed by atoms with van der Waals surface area (Å²) in [5.74, 6) is -0.903. The van der Waals surface area contributed by atoms with Crippen molar-refractivity contribution >= 4 is 12.0 Å². The second-order valence-corrected chi connectivity index (χ2v) is 5.43. The molecule has 0 spiro atoms. The van der Waals surface area contributed by atoms with Crippen LogP contribution in [-0.4, -0.2) is 64.3 Å². The number of carbonyl (C=O) groups is 2. The highest BCUT2D eigenvalue weighted by molar-refractivity contribution is 5.87. The molecule has 6 heteroatoms. The van der Waals surface area contributed by atoms with Crippen molar-refractivity contribution in [3.05, 3.63) is 0 Å². The summed E-state index contributed by atoms with van der Waals surface area (Å²) in [6.45, 7) is 3.09. The fraction of sp³-hybridized carbons (Fsp3) is 0.857. The molecule has 20 heavy (non-hydrogen) atoms. The summed E-state index contributed by atoms with van der Waals surface area (Å²) in [6, 6.07) is -0.198. The molecule has 1 heterocycles. The minimum Gasteiger partial charge on any atom is -0.479 e. The van der Waals surface area contributed by atoms with Gasteiger partial charge in [-0.05, 0) is 38.5 Å². The normalized spacial score (nSPS) is 22.1. The topological polar surface area (TPSA) is 81.1 Å². The van der Waals surface area contributed by atoms with Crippen molar-refractivity contribution in [2.45, 2.75) is 51.0 Å². The molecule has 1 saturated heterocycles. The lowest BCUT2D eigenvalue weighted by molar-refractivity contribution is -0.148. The number of carbonyl (C=O) groups excluding carboxylic acids is 1. The van der Waals surface area contributed by atoms with Crippen molar-refractivity contribution in [3.8, 4) is 0 Å². The molecule has 1 aliphatic rings. The van der Waals surface area contributed by atoms with E-state index in [1.54, 1.807) is 11.9 Å². The lowest BCUT2D eigenvalue weighted by atomic mass is 9.93. The first kappa shape index (κ1) is 16.8. The van der Waals surface area contributed by atoms with Crippen LogP contribution in [-0.2, 0) is 4.79 Å². The van der Waals surface area contributed by atoms with Gasteiger partial charge in [0.25, 0.3) is 0 Å². The first-order chi connectivity index (χ1) is 9.49. The van der Waals surface area contributed by atoms with Crippen LogP contribution in [0.2, 0.25) is 0 Å². The maximum atomic E-state index is 12.4. The maximum absolute atomic E-state index is 12.4. The highest BCUT2D eigenvalue weighted by Crippen LogP contribution is 2.33. The summed E-state index contributed by atoms with van der Waals surface area (Å²) >= 11 is 0. The van der Waals surface area contributed by atoms with E-state index in [2.05, 4.69) is 0 Å². The molecular weight excluding hydrogens is 260 g/mol. The molecule has 0 aromatic carbocycles. The zero-order valence-corrected chi connectivity index (χ0v) is 12.5. The van der Waals surface area contributed by atoms with E-state index < -0.39 is 11.5 Å². The van der Waals surface area contributed by atoms with Crippen LogP contribution in [0.15, 0.2) is 0 Å². The number of carboxylic acid groups (broad SMARTS) is 1. The van der Waals surface area contributed by atoms with Crippen LogP contribution >= 0.6 is 0 Å². The minimum atomic E-state index is -1.03. The first-order valence-electron chi connectivity index (χ1n) is 7.36. The molecule has 6 nitrogen and oxygen atoms in total. The Bertz CT molecular complexity index is 348. The predicted molar refractivity (Wildman–Crippen MR) is 75.6 cm³/mol. The zero-order valence-electron chi connectivity index (χ0n) is 12.5. The summed E-state index contributed by atoms with van der Waals surface area (Å²) in [5, 5.41) is 18.2. The van der Waals surface area contributed by atoms with Crippen LogP contribution < -0.4 is 0 Å². The Hall–Kier alpha value is -1.30. The molecule has 0 radical (unpaired) electrons. The number of urea groups is 1. The van der Waals surface area contributed by atoms with Crippen molar-refractivity contribution in [3.63, 3.8) is 0 Å². The summed E-state index contributed by atoms with van der Waals surface area (Å²) in [4.78, 5) is 27.1. The maximum Gasteiger partial charge on any atom is 0.329 e. The van der Waals surface area contributed by atoms with Gasteiger partial charge in [-0.15, -0.1) is 0 Å². The van der Waals surface area contributed by atoms with Gasteiger partial charge in [-0.25, -0.2) is 9.59 Å². The van der Waals surface area contributed by atoms with Gasteiger partial charge in [-0.1, -0.05) is 6.92 Å². The van der Waals surface area contributed by atoms with Crippen LogP contribution in [0.3, 0.4) is 0 Å². The van der Waals surface area contributed by atoms with Gasteiger partial charge in [0, 0.05) is 26.7 Å². The average molecular weight is 286 g/mol. The fourth-order valence-corrected chi connectivity index (χ4v) is 2.84. The molecule has 0 aromatic heterocycles. The van der Waals surface area contributed by atoms with Crippen molar-refractivity contribution in [2.75, 3.05) is 26.7 Å². The number of hydrogen-bond acceptors (Lipinski definition) is 3. The Balaban J connectivity index is 2.63. The van der Waals surface area contributed by atoms with Crippen LogP contribution in [0.25, 0.3) is 0 Å². The van der Waals surface area contributed by atoms with E-state index in [9.17, 15) is 14.7 Å². The standard InChI is InChI=1S/C14H26N2O4/c1-3-14(12(18)19)8-7-10-16(14)13(20)15(2)9-5-4-6-11-17/h17H,3-11H2,1-2H3,(H,18,19). The van der Waals surface area contributed by atoms with Gasteiger partial charge >= 0.3 is 12.0 Å². The molecule has 1 rings (SSSR count). The third-order valence-corrected chi connectivity index (χ3v) is 4.18. The Kier molecular flexibility index (Phi) is 6.26. The largest absolute Gasteiger partial charge is 0.479 e. The molecule has 1 unspecified atom stereocenters. The lowest BCUT2D eigenvalue weighted by Gasteiger charge is -2.36. The average Bonchev–Trinajstić information content (AvgIpc) is 2.87. The van der Waals surface area contributed by atoms with Crippen LogP contribution in [0.5, 0.6) is 0 Å². The number of hydrogen-bond donors (Lipinski definition) is 2. The second kappa shape index (κ2) is 7.47. The summed E-state index contributed by atoms with van der Waals surface area (Å²) < 4.78 is 0. The Labute approximate surface area is 120 Å². The number of aliphatic carboxylic acids is 1. The monoisotopic (exact) mass is 286 g/mol. The van der Waals surface area contributed by atoms with Gasteiger partial charge in [0.2, 0.25) is 0 Å². The number of likely N-dealkylation sites (tertiary alicyclic amines) is 1. The Morgan fingerprint density at radius 2 is 2.00 bits per heavy atom. The highest BCUT2D eigenvalue weighted by Gasteiger charge is 2.49. The van der Waals surface area contributed by atoms with E-state index in [0.29, 0.717) is 25.9 Å². The number of amides is 2. The number of carboxylic acids is 1. The Morgan fingerprint density at radius 3 is 2.55 bits per heavy atom. The summed E-state index contributed by atoms with van der Waals surface area (Å²) in [6.07, 6.45) is 4.13. The van der Waals surface area contributed by atoms with E-state index in [1.807, 2.05) is 6.92 Å².